The number of amides is 5. The average molecular weight is 508 g/mol. The van der Waals surface area contributed by atoms with E-state index in [2.05, 4.69) is 22.5 Å². The molecule has 2 heterocycles. The van der Waals surface area contributed by atoms with Gasteiger partial charge < -0.3 is 31.3 Å². The van der Waals surface area contributed by atoms with Gasteiger partial charge in [0.1, 0.15) is 12.1 Å². The predicted molar refractivity (Wildman–Crippen MR) is 134 cm³/mol. The number of ketones is 1. The Hall–Kier alpha value is -2.95. The second kappa shape index (κ2) is 14.6. The molecule has 2 aliphatic heterocycles. The van der Waals surface area contributed by atoms with E-state index in [9.17, 15) is 24.0 Å². The van der Waals surface area contributed by atoms with Crippen molar-refractivity contribution in [3.63, 3.8) is 0 Å². The molecule has 5 N–H and O–H groups in total. The first-order valence-corrected chi connectivity index (χ1v) is 12.8. The molecule has 202 valence electrons. The molecule has 2 rings (SSSR count). The Morgan fingerprint density at radius 3 is 2.56 bits per heavy atom. The molecule has 0 aromatic carbocycles. The van der Waals surface area contributed by atoms with Gasteiger partial charge >= 0.3 is 6.03 Å². The number of rotatable bonds is 6. The molecule has 4 atom stereocenters. The molecule has 2 aliphatic rings. The largest absolute Gasteiger partial charge is 0.379 e. The fourth-order valence-electron chi connectivity index (χ4n) is 4.62. The zero-order valence-corrected chi connectivity index (χ0v) is 21.4. The molecular weight excluding hydrogens is 466 g/mol. The number of urea groups is 1. The van der Waals surface area contributed by atoms with Gasteiger partial charge in [-0.05, 0) is 31.1 Å². The minimum atomic E-state index is -1.03. The predicted octanol–water partition coefficient (Wildman–Crippen LogP) is 0.623. The maximum atomic E-state index is 13.5. The van der Waals surface area contributed by atoms with Crippen molar-refractivity contribution < 1.29 is 28.7 Å². The lowest BCUT2D eigenvalue weighted by Crippen LogP contribution is -2.57. The molecule has 0 radical (unpaired) electrons. The number of hydrogen-bond donors (Lipinski definition) is 4. The van der Waals surface area contributed by atoms with Crippen molar-refractivity contribution in [2.24, 2.45) is 17.6 Å². The molecule has 0 bridgehead atoms. The first-order chi connectivity index (χ1) is 17.1. The summed E-state index contributed by atoms with van der Waals surface area (Å²) in [7, 11) is 0. The van der Waals surface area contributed by atoms with Crippen molar-refractivity contribution >= 4 is 29.5 Å². The smallest absolute Gasteiger partial charge is 0.312 e. The highest BCUT2D eigenvalue weighted by molar-refractivity contribution is 6.38. The highest BCUT2D eigenvalue weighted by atomic mass is 16.5. The summed E-state index contributed by atoms with van der Waals surface area (Å²) in [4.78, 5) is 65.1. The number of nitrogens with two attached hydrogens (primary N) is 1. The number of fused-ring (bicyclic) bond motifs is 1. The summed E-state index contributed by atoms with van der Waals surface area (Å²) in [5, 5.41) is 7.67. The Labute approximate surface area is 212 Å². The van der Waals surface area contributed by atoms with Crippen LogP contribution in [0.1, 0.15) is 58.8 Å². The number of Topliss-reactive ketones (excluding diaryl/α,β-unsaturated/α-hetero) is 1. The van der Waals surface area contributed by atoms with Crippen molar-refractivity contribution in [2.45, 2.75) is 76.9 Å². The molecule has 36 heavy (non-hydrogen) atoms. The third kappa shape index (κ3) is 8.61. The van der Waals surface area contributed by atoms with Gasteiger partial charge in [-0.1, -0.05) is 45.6 Å². The number of nitrogens with zero attached hydrogens (tertiary/aromatic N) is 1. The van der Waals surface area contributed by atoms with Crippen molar-refractivity contribution in [1.82, 2.24) is 20.9 Å². The molecule has 0 aromatic heterocycles. The van der Waals surface area contributed by atoms with E-state index in [1.165, 1.54) is 11.0 Å². The fourth-order valence-corrected chi connectivity index (χ4v) is 4.62. The number of primary amides is 1. The van der Waals surface area contributed by atoms with Gasteiger partial charge in [-0.15, -0.1) is 6.58 Å². The molecule has 11 heteroatoms. The van der Waals surface area contributed by atoms with Crippen LogP contribution in [0.15, 0.2) is 12.7 Å². The van der Waals surface area contributed by atoms with Crippen LogP contribution in [0.4, 0.5) is 4.79 Å². The molecule has 5 amide bonds. The summed E-state index contributed by atoms with van der Waals surface area (Å²) in [6.07, 6.45) is 6.26. The van der Waals surface area contributed by atoms with Gasteiger partial charge in [0.15, 0.2) is 0 Å². The quantitative estimate of drug-likeness (QED) is 0.305. The highest BCUT2D eigenvalue weighted by Gasteiger charge is 2.43. The average Bonchev–Trinajstić information content (AvgIpc) is 3.29. The molecule has 2 saturated heterocycles. The van der Waals surface area contributed by atoms with Crippen molar-refractivity contribution in [3.05, 3.63) is 12.7 Å². The second-order valence-electron chi connectivity index (χ2n) is 9.86. The minimum absolute atomic E-state index is 0.0481. The van der Waals surface area contributed by atoms with Gasteiger partial charge in [-0.25, -0.2) is 4.79 Å². The second-order valence-corrected chi connectivity index (χ2v) is 9.86. The number of hydrogen-bond acceptors (Lipinski definition) is 6. The molecule has 2 fully saturated rings. The number of ether oxygens (including phenoxy) is 1. The van der Waals surface area contributed by atoms with Crippen molar-refractivity contribution in [1.29, 1.82) is 0 Å². The van der Waals surface area contributed by atoms with Crippen LogP contribution in [0.25, 0.3) is 0 Å². The number of nitrogens with one attached hydrogen (secondary N) is 3. The maximum Gasteiger partial charge on any atom is 0.312 e. The summed E-state index contributed by atoms with van der Waals surface area (Å²) in [6.45, 7) is 8.40. The lowest BCUT2D eigenvalue weighted by atomic mass is 9.93. The number of carbonyl (C=O) groups excluding carboxylic acids is 5. The van der Waals surface area contributed by atoms with Crippen molar-refractivity contribution in [3.8, 4) is 0 Å². The van der Waals surface area contributed by atoms with Crippen LogP contribution in [-0.2, 0) is 23.9 Å². The highest BCUT2D eigenvalue weighted by Crippen LogP contribution is 2.30. The fraction of sp³-hybridized carbons (Fsp3) is 0.720. The summed E-state index contributed by atoms with van der Waals surface area (Å²) < 4.78 is 5.66. The molecule has 11 nitrogen and oxygen atoms in total. The molecule has 0 saturated carbocycles. The van der Waals surface area contributed by atoms with E-state index in [0.717, 1.165) is 25.7 Å². The number of carbonyl (C=O) groups is 5. The van der Waals surface area contributed by atoms with E-state index in [0.29, 0.717) is 32.4 Å². The van der Waals surface area contributed by atoms with Crippen LogP contribution < -0.4 is 21.7 Å². The van der Waals surface area contributed by atoms with Crippen LogP contribution in [0.5, 0.6) is 0 Å². The topological polar surface area (TPSA) is 160 Å². The van der Waals surface area contributed by atoms with Crippen LogP contribution >= 0.6 is 0 Å². The Bertz CT molecular complexity index is 817. The van der Waals surface area contributed by atoms with Crippen LogP contribution in [0, 0.1) is 11.8 Å². The van der Waals surface area contributed by atoms with Gasteiger partial charge in [0.05, 0.1) is 12.6 Å². The van der Waals surface area contributed by atoms with Gasteiger partial charge in [-0.3, -0.25) is 19.2 Å². The van der Waals surface area contributed by atoms with E-state index in [4.69, 9.17) is 10.5 Å². The molecule has 0 spiro atoms. The van der Waals surface area contributed by atoms with Gasteiger partial charge in [0.25, 0.3) is 5.91 Å². The van der Waals surface area contributed by atoms with Gasteiger partial charge in [0, 0.05) is 19.7 Å². The SMILES string of the molecule is C=CCNC(=O)C(=O)[C@@H]1CCCCCCCOC[C@H](NC(N)=O)C(=O)N2C[C@H](C(C)C)C[C@H]2C(=O)N1. The third-order valence-corrected chi connectivity index (χ3v) is 6.81. The van der Waals surface area contributed by atoms with E-state index >= 15 is 0 Å². The zero-order chi connectivity index (χ0) is 26.7. The lowest BCUT2D eigenvalue weighted by molar-refractivity contribution is -0.143. The van der Waals surface area contributed by atoms with Gasteiger partial charge in [-0.2, -0.15) is 0 Å². The van der Waals surface area contributed by atoms with E-state index in [1.807, 2.05) is 13.8 Å². The maximum absolute atomic E-state index is 13.5. The Morgan fingerprint density at radius 1 is 1.19 bits per heavy atom. The first kappa shape index (κ1) is 29.3. The Balaban J connectivity index is 2.31. The monoisotopic (exact) mass is 507 g/mol. The van der Waals surface area contributed by atoms with E-state index in [1.54, 1.807) is 0 Å². The summed E-state index contributed by atoms with van der Waals surface area (Å²) in [6, 6.07) is -3.73. The van der Waals surface area contributed by atoms with Gasteiger partial charge in [0.2, 0.25) is 17.6 Å². The Kier molecular flexibility index (Phi) is 11.9. The van der Waals surface area contributed by atoms with E-state index < -0.39 is 47.7 Å². The van der Waals surface area contributed by atoms with Crippen molar-refractivity contribution in [2.75, 3.05) is 26.3 Å². The molecule has 0 aromatic rings. The summed E-state index contributed by atoms with van der Waals surface area (Å²) >= 11 is 0. The summed E-state index contributed by atoms with van der Waals surface area (Å²) in [5.74, 6) is -2.20. The lowest BCUT2D eigenvalue weighted by Gasteiger charge is -2.29. The normalized spacial score (nSPS) is 26.6. The van der Waals surface area contributed by atoms with E-state index in [-0.39, 0.29) is 25.0 Å². The molecular formula is C25H41N5O6. The first-order valence-electron chi connectivity index (χ1n) is 12.8. The van der Waals surface area contributed by atoms with Crippen LogP contribution in [0.3, 0.4) is 0 Å². The zero-order valence-electron chi connectivity index (χ0n) is 21.4. The standard InChI is InChI=1S/C25H41N5O6/c1-4-11-27-23(33)21(31)18-10-8-6-5-7-9-12-36-15-19(29-25(26)35)24(34)30-14-17(16(2)3)13-20(30)22(32)28-18/h4,16-20H,1,5-15H2,2-3H3,(H,27,33)(H,28,32)(H3,26,29,35)/t17-,18+,19+,20+/m1/s1. The molecule has 0 unspecified atom stereocenters. The minimum Gasteiger partial charge on any atom is -0.379 e. The van der Waals surface area contributed by atoms with Crippen LogP contribution in [-0.4, -0.2) is 78.9 Å². The molecule has 0 aliphatic carbocycles. The van der Waals surface area contributed by atoms with Crippen LogP contribution in [0.2, 0.25) is 0 Å². The Morgan fingerprint density at radius 2 is 1.89 bits per heavy atom. The summed E-state index contributed by atoms with van der Waals surface area (Å²) in [5.41, 5.74) is 5.30. The third-order valence-electron chi connectivity index (χ3n) is 6.81.